The zero-order valence-corrected chi connectivity index (χ0v) is 11.5. The van der Waals surface area contributed by atoms with Crippen LogP contribution < -0.4 is 5.32 Å². The van der Waals surface area contributed by atoms with Gasteiger partial charge in [-0.2, -0.15) is 11.8 Å². The van der Waals surface area contributed by atoms with E-state index in [0.29, 0.717) is 0 Å². The molecule has 1 aromatic heterocycles. The van der Waals surface area contributed by atoms with Gasteiger partial charge in [-0.15, -0.1) is 11.3 Å². The molecule has 0 aliphatic carbocycles. The largest absolute Gasteiger partial charge is 0.308 e. The van der Waals surface area contributed by atoms with Crippen LogP contribution in [0.5, 0.6) is 0 Å². The molecule has 2 rings (SSSR count). The standard InChI is InChI=1S/C13H16N2S2/c1-16-9-12-4-2-3-11(5-12)6-14-7-13-8-15-10-17-13/h2-5,8,10,14H,6-7,9H2,1H3. The topological polar surface area (TPSA) is 24.9 Å². The molecule has 0 saturated carbocycles. The molecule has 0 bridgehead atoms. The summed E-state index contributed by atoms with van der Waals surface area (Å²) in [5, 5.41) is 3.44. The number of hydrogen-bond donors (Lipinski definition) is 1. The van der Waals surface area contributed by atoms with Gasteiger partial charge >= 0.3 is 0 Å². The van der Waals surface area contributed by atoms with E-state index in [1.54, 1.807) is 11.3 Å². The third-order valence-corrected chi connectivity index (χ3v) is 3.82. The van der Waals surface area contributed by atoms with E-state index in [0.717, 1.165) is 18.8 Å². The highest BCUT2D eigenvalue weighted by atomic mass is 32.2. The van der Waals surface area contributed by atoms with Crippen LogP contribution in [0.1, 0.15) is 16.0 Å². The fraction of sp³-hybridized carbons (Fsp3) is 0.308. The fourth-order valence-corrected chi connectivity index (χ4v) is 2.73. The molecule has 2 aromatic rings. The summed E-state index contributed by atoms with van der Waals surface area (Å²) < 4.78 is 0. The summed E-state index contributed by atoms with van der Waals surface area (Å²) in [5.41, 5.74) is 4.62. The summed E-state index contributed by atoms with van der Waals surface area (Å²) in [6.07, 6.45) is 4.05. The first kappa shape index (κ1) is 12.6. The number of nitrogens with one attached hydrogen (secondary N) is 1. The number of thiazole rings is 1. The van der Waals surface area contributed by atoms with Crippen molar-refractivity contribution in [2.45, 2.75) is 18.8 Å². The third kappa shape index (κ3) is 4.15. The van der Waals surface area contributed by atoms with Crippen LogP contribution in [0.3, 0.4) is 0 Å². The van der Waals surface area contributed by atoms with E-state index in [9.17, 15) is 0 Å². The molecule has 0 unspecified atom stereocenters. The summed E-state index contributed by atoms with van der Waals surface area (Å²) in [7, 11) is 0. The average molecular weight is 264 g/mol. The molecule has 0 radical (unpaired) electrons. The van der Waals surface area contributed by atoms with E-state index in [-0.39, 0.29) is 0 Å². The number of nitrogens with zero attached hydrogens (tertiary/aromatic N) is 1. The van der Waals surface area contributed by atoms with Crippen molar-refractivity contribution in [3.63, 3.8) is 0 Å². The van der Waals surface area contributed by atoms with Crippen molar-refractivity contribution in [2.24, 2.45) is 0 Å². The van der Waals surface area contributed by atoms with Crippen LogP contribution in [-0.2, 0) is 18.8 Å². The van der Waals surface area contributed by atoms with Gasteiger partial charge in [-0.25, -0.2) is 0 Å². The predicted molar refractivity (Wildman–Crippen MR) is 76.3 cm³/mol. The van der Waals surface area contributed by atoms with Crippen LogP contribution in [0.15, 0.2) is 36.0 Å². The van der Waals surface area contributed by atoms with Gasteiger partial charge in [0.1, 0.15) is 0 Å². The quantitative estimate of drug-likeness (QED) is 0.866. The van der Waals surface area contributed by atoms with Gasteiger partial charge in [-0.3, -0.25) is 4.98 Å². The Labute approximate surface area is 110 Å². The molecule has 4 heteroatoms. The molecular formula is C13H16N2S2. The van der Waals surface area contributed by atoms with Crippen LogP contribution in [0.4, 0.5) is 0 Å². The van der Waals surface area contributed by atoms with Crippen molar-refractivity contribution in [1.82, 2.24) is 10.3 Å². The number of aromatic nitrogens is 1. The number of rotatable bonds is 6. The van der Waals surface area contributed by atoms with E-state index < -0.39 is 0 Å². The molecule has 0 aliphatic heterocycles. The summed E-state index contributed by atoms with van der Waals surface area (Å²) in [6.45, 7) is 1.82. The number of thioether (sulfide) groups is 1. The van der Waals surface area contributed by atoms with Crippen molar-refractivity contribution in [3.8, 4) is 0 Å². The highest BCUT2D eigenvalue weighted by Gasteiger charge is 1.97. The molecule has 0 atom stereocenters. The van der Waals surface area contributed by atoms with Gasteiger partial charge in [0.2, 0.25) is 0 Å². The van der Waals surface area contributed by atoms with E-state index in [4.69, 9.17) is 0 Å². The summed E-state index contributed by atoms with van der Waals surface area (Å²) in [4.78, 5) is 5.34. The number of hydrogen-bond acceptors (Lipinski definition) is 4. The Morgan fingerprint density at radius 3 is 2.94 bits per heavy atom. The lowest BCUT2D eigenvalue weighted by atomic mass is 10.1. The van der Waals surface area contributed by atoms with E-state index in [1.807, 2.05) is 23.5 Å². The van der Waals surface area contributed by atoms with E-state index in [1.165, 1.54) is 16.0 Å². The second kappa shape index (κ2) is 6.79. The molecule has 0 fully saturated rings. The Morgan fingerprint density at radius 1 is 1.29 bits per heavy atom. The van der Waals surface area contributed by atoms with Crippen molar-refractivity contribution in [3.05, 3.63) is 52.0 Å². The lowest BCUT2D eigenvalue weighted by molar-refractivity contribution is 0.699. The lowest BCUT2D eigenvalue weighted by Crippen LogP contribution is -2.11. The normalized spacial score (nSPS) is 10.6. The highest BCUT2D eigenvalue weighted by molar-refractivity contribution is 7.97. The Balaban J connectivity index is 1.84. The van der Waals surface area contributed by atoms with Crippen LogP contribution >= 0.6 is 23.1 Å². The maximum Gasteiger partial charge on any atom is 0.0794 e. The zero-order valence-electron chi connectivity index (χ0n) is 9.85. The van der Waals surface area contributed by atoms with E-state index in [2.05, 4.69) is 40.8 Å². The maximum absolute atomic E-state index is 4.06. The van der Waals surface area contributed by atoms with Crippen LogP contribution in [0.25, 0.3) is 0 Å². The molecular weight excluding hydrogens is 248 g/mol. The third-order valence-electron chi connectivity index (χ3n) is 2.41. The number of benzene rings is 1. The summed E-state index contributed by atoms with van der Waals surface area (Å²) in [6, 6.07) is 8.76. The fourth-order valence-electron chi connectivity index (χ4n) is 1.66. The van der Waals surface area contributed by atoms with Crippen LogP contribution in [0, 0.1) is 0 Å². The van der Waals surface area contributed by atoms with Crippen molar-refractivity contribution >= 4 is 23.1 Å². The second-order valence-electron chi connectivity index (χ2n) is 3.82. The molecule has 1 N–H and O–H groups in total. The van der Waals surface area contributed by atoms with E-state index >= 15 is 0 Å². The Kier molecular flexibility index (Phi) is 5.04. The smallest absolute Gasteiger partial charge is 0.0794 e. The SMILES string of the molecule is CSCc1cccc(CNCc2cncs2)c1. The van der Waals surface area contributed by atoms with Gasteiger partial charge in [-0.05, 0) is 17.4 Å². The molecule has 90 valence electrons. The molecule has 1 heterocycles. The Morgan fingerprint density at radius 2 is 2.18 bits per heavy atom. The van der Waals surface area contributed by atoms with Gasteiger partial charge in [-0.1, -0.05) is 24.3 Å². The lowest BCUT2D eigenvalue weighted by Gasteiger charge is -2.05. The molecule has 0 spiro atoms. The summed E-state index contributed by atoms with van der Waals surface area (Å²) >= 11 is 3.55. The molecule has 17 heavy (non-hydrogen) atoms. The average Bonchev–Trinajstić information content (AvgIpc) is 2.83. The van der Waals surface area contributed by atoms with Crippen LogP contribution in [-0.4, -0.2) is 11.2 Å². The monoisotopic (exact) mass is 264 g/mol. The minimum absolute atomic E-state index is 0.900. The van der Waals surface area contributed by atoms with Gasteiger partial charge in [0.15, 0.2) is 0 Å². The van der Waals surface area contributed by atoms with Gasteiger partial charge in [0.05, 0.1) is 5.51 Å². The van der Waals surface area contributed by atoms with Gasteiger partial charge in [0.25, 0.3) is 0 Å². The first-order valence-electron chi connectivity index (χ1n) is 5.53. The molecule has 0 amide bonds. The maximum atomic E-state index is 4.06. The van der Waals surface area contributed by atoms with Gasteiger partial charge in [0, 0.05) is 29.9 Å². The first-order valence-corrected chi connectivity index (χ1v) is 7.80. The van der Waals surface area contributed by atoms with Crippen molar-refractivity contribution < 1.29 is 0 Å². The highest BCUT2D eigenvalue weighted by Crippen LogP contribution is 2.11. The minimum atomic E-state index is 0.900. The molecule has 1 aromatic carbocycles. The van der Waals surface area contributed by atoms with Crippen LogP contribution in [0.2, 0.25) is 0 Å². The second-order valence-corrected chi connectivity index (χ2v) is 5.66. The van der Waals surface area contributed by atoms with Gasteiger partial charge < -0.3 is 5.32 Å². The summed E-state index contributed by atoms with van der Waals surface area (Å²) in [5.74, 6) is 1.09. The zero-order chi connectivity index (χ0) is 11.9. The van der Waals surface area contributed by atoms with Crippen molar-refractivity contribution in [1.29, 1.82) is 0 Å². The minimum Gasteiger partial charge on any atom is -0.308 e. The predicted octanol–water partition coefficient (Wildman–Crippen LogP) is 3.30. The molecule has 0 saturated heterocycles. The molecule has 0 aliphatic rings. The Hall–Kier alpha value is -0.840. The molecule has 2 nitrogen and oxygen atoms in total. The first-order chi connectivity index (χ1) is 8.38. The van der Waals surface area contributed by atoms with Crippen molar-refractivity contribution in [2.75, 3.05) is 6.26 Å². The Bertz CT molecular complexity index is 440.